The summed E-state index contributed by atoms with van der Waals surface area (Å²) in [5.74, 6) is 0.234. The predicted molar refractivity (Wildman–Crippen MR) is 60.7 cm³/mol. The van der Waals surface area contributed by atoms with Gasteiger partial charge < -0.3 is 4.90 Å². The topological polar surface area (TPSA) is 20.3 Å². The molecule has 0 aromatic heterocycles. The van der Waals surface area contributed by atoms with E-state index in [1.54, 1.807) is 0 Å². The molecule has 2 rings (SSSR count). The van der Waals surface area contributed by atoms with Crippen LogP contribution in [0.15, 0.2) is 24.3 Å². The van der Waals surface area contributed by atoms with Gasteiger partial charge in [-0.2, -0.15) is 0 Å². The minimum atomic E-state index is -0.160. The van der Waals surface area contributed by atoms with E-state index in [1.165, 1.54) is 0 Å². The van der Waals surface area contributed by atoms with Crippen LogP contribution >= 0.6 is 11.6 Å². The lowest BCUT2D eigenvalue weighted by atomic mass is 9.83. The van der Waals surface area contributed by atoms with Crippen molar-refractivity contribution in [3.63, 3.8) is 0 Å². The Kier molecular flexibility index (Phi) is 2.47. The molecule has 0 atom stereocenters. The molecule has 1 amide bonds. The first-order valence-corrected chi connectivity index (χ1v) is 5.41. The number of carbonyl (C=O) groups is 1. The van der Waals surface area contributed by atoms with Gasteiger partial charge in [-0.1, -0.05) is 23.7 Å². The summed E-state index contributed by atoms with van der Waals surface area (Å²) in [7, 11) is 0. The molecule has 0 N–H and O–H groups in total. The number of amides is 1. The Morgan fingerprint density at radius 2 is 1.93 bits per heavy atom. The van der Waals surface area contributed by atoms with Crippen LogP contribution in [0.5, 0.6) is 0 Å². The molecule has 3 heteroatoms. The number of likely N-dealkylation sites (tertiary alicyclic amines) is 1. The van der Waals surface area contributed by atoms with Gasteiger partial charge in [0, 0.05) is 18.1 Å². The molecule has 1 aromatic rings. The third-order valence-corrected chi connectivity index (χ3v) is 2.99. The van der Waals surface area contributed by atoms with Crippen LogP contribution < -0.4 is 0 Å². The number of carbonyl (C=O) groups excluding carboxylic acids is 1. The fraction of sp³-hybridized carbons (Fsp3) is 0.417. The molecule has 0 aliphatic carbocycles. The SMILES string of the molecule is CC1(C)CN(Cc2ccc(Cl)cc2)C1=O. The van der Waals surface area contributed by atoms with E-state index in [9.17, 15) is 4.79 Å². The summed E-state index contributed by atoms with van der Waals surface area (Å²) < 4.78 is 0. The monoisotopic (exact) mass is 223 g/mol. The number of nitrogens with zero attached hydrogens (tertiary/aromatic N) is 1. The van der Waals surface area contributed by atoms with Crippen molar-refractivity contribution in [3.05, 3.63) is 34.9 Å². The average molecular weight is 224 g/mol. The Bertz CT molecular complexity index is 383. The molecular weight excluding hydrogens is 210 g/mol. The maximum Gasteiger partial charge on any atom is 0.230 e. The second kappa shape index (κ2) is 3.53. The van der Waals surface area contributed by atoms with Crippen molar-refractivity contribution in [2.45, 2.75) is 20.4 Å². The first-order valence-electron chi connectivity index (χ1n) is 5.03. The fourth-order valence-electron chi connectivity index (χ4n) is 1.89. The third kappa shape index (κ3) is 2.00. The van der Waals surface area contributed by atoms with Crippen LogP contribution in [0.4, 0.5) is 0 Å². The second-order valence-electron chi connectivity index (χ2n) is 4.67. The molecule has 15 heavy (non-hydrogen) atoms. The van der Waals surface area contributed by atoms with Gasteiger partial charge in [-0.15, -0.1) is 0 Å². The number of benzene rings is 1. The zero-order valence-electron chi connectivity index (χ0n) is 8.96. The first-order chi connectivity index (χ1) is 6.99. The van der Waals surface area contributed by atoms with E-state index in [1.807, 2.05) is 43.0 Å². The van der Waals surface area contributed by atoms with Crippen LogP contribution in [0, 0.1) is 5.41 Å². The molecular formula is C12H14ClNO. The zero-order valence-corrected chi connectivity index (χ0v) is 9.71. The Hall–Kier alpha value is -1.02. The van der Waals surface area contributed by atoms with Crippen LogP contribution in [0.2, 0.25) is 5.02 Å². The van der Waals surface area contributed by atoms with E-state index in [2.05, 4.69) is 0 Å². The zero-order chi connectivity index (χ0) is 11.1. The van der Waals surface area contributed by atoms with Gasteiger partial charge in [0.05, 0.1) is 5.41 Å². The van der Waals surface area contributed by atoms with Crippen molar-refractivity contribution in [2.24, 2.45) is 5.41 Å². The summed E-state index contributed by atoms with van der Waals surface area (Å²) in [6.45, 7) is 5.50. The van der Waals surface area contributed by atoms with Crippen molar-refractivity contribution in [1.82, 2.24) is 4.90 Å². The third-order valence-electron chi connectivity index (χ3n) is 2.74. The van der Waals surface area contributed by atoms with Gasteiger partial charge in [-0.25, -0.2) is 0 Å². The van der Waals surface area contributed by atoms with Gasteiger partial charge in [0.25, 0.3) is 0 Å². The van der Waals surface area contributed by atoms with Gasteiger partial charge in [0.2, 0.25) is 5.91 Å². The van der Waals surface area contributed by atoms with Crippen LogP contribution in [0.25, 0.3) is 0 Å². The fourth-order valence-corrected chi connectivity index (χ4v) is 2.02. The van der Waals surface area contributed by atoms with Crippen LogP contribution in [-0.2, 0) is 11.3 Å². The molecule has 0 radical (unpaired) electrons. The maximum absolute atomic E-state index is 11.7. The number of hydrogen-bond acceptors (Lipinski definition) is 1. The van der Waals surface area contributed by atoms with E-state index >= 15 is 0 Å². The van der Waals surface area contributed by atoms with Gasteiger partial charge in [-0.3, -0.25) is 4.79 Å². The summed E-state index contributed by atoms with van der Waals surface area (Å²) >= 11 is 5.79. The largest absolute Gasteiger partial charge is 0.337 e. The molecule has 1 heterocycles. The van der Waals surface area contributed by atoms with Crippen molar-refractivity contribution in [2.75, 3.05) is 6.54 Å². The number of halogens is 1. The van der Waals surface area contributed by atoms with Crippen LogP contribution in [-0.4, -0.2) is 17.4 Å². The molecule has 1 aliphatic rings. The highest BCUT2D eigenvalue weighted by Crippen LogP contribution is 2.31. The molecule has 1 saturated heterocycles. The van der Waals surface area contributed by atoms with Crippen molar-refractivity contribution in [3.8, 4) is 0 Å². The lowest BCUT2D eigenvalue weighted by molar-refractivity contribution is -0.157. The highest BCUT2D eigenvalue weighted by atomic mass is 35.5. The summed E-state index contributed by atoms with van der Waals surface area (Å²) in [5, 5.41) is 0.731. The molecule has 1 aliphatic heterocycles. The van der Waals surface area contributed by atoms with E-state index < -0.39 is 0 Å². The van der Waals surface area contributed by atoms with Crippen molar-refractivity contribution in [1.29, 1.82) is 0 Å². The summed E-state index contributed by atoms with van der Waals surface area (Å²) in [6, 6.07) is 7.63. The summed E-state index contributed by atoms with van der Waals surface area (Å²) in [6.07, 6.45) is 0. The number of hydrogen-bond donors (Lipinski definition) is 0. The quantitative estimate of drug-likeness (QED) is 0.706. The Balaban J connectivity index is 2.00. The molecule has 1 aromatic carbocycles. The highest BCUT2D eigenvalue weighted by Gasteiger charge is 2.43. The maximum atomic E-state index is 11.7. The van der Waals surface area contributed by atoms with Crippen LogP contribution in [0.3, 0.4) is 0 Å². The van der Waals surface area contributed by atoms with Crippen molar-refractivity contribution >= 4 is 17.5 Å². The number of rotatable bonds is 2. The van der Waals surface area contributed by atoms with Gasteiger partial charge in [-0.05, 0) is 31.5 Å². The molecule has 2 nitrogen and oxygen atoms in total. The molecule has 0 spiro atoms. The van der Waals surface area contributed by atoms with Gasteiger partial charge >= 0.3 is 0 Å². The molecule has 80 valence electrons. The predicted octanol–water partition coefficient (Wildman–Crippen LogP) is 2.71. The average Bonchev–Trinajstić information content (AvgIpc) is 2.20. The lowest BCUT2D eigenvalue weighted by Crippen LogP contribution is -2.57. The molecule has 0 saturated carbocycles. The smallest absolute Gasteiger partial charge is 0.230 e. The highest BCUT2D eigenvalue weighted by molar-refractivity contribution is 6.30. The molecule has 0 bridgehead atoms. The second-order valence-corrected chi connectivity index (χ2v) is 5.11. The summed E-state index contributed by atoms with van der Waals surface area (Å²) in [4.78, 5) is 13.5. The Morgan fingerprint density at radius 1 is 1.33 bits per heavy atom. The minimum absolute atomic E-state index is 0.160. The standard InChI is InChI=1S/C12H14ClNO/c1-12(2)8-14(11(12)15)7-9-3-5-10(13)6-4-9/h3-6H,7-8H2,1-2H3. The normalized spacial score (nSPS) is 18.9. The lowest BCUT2D eigenvalue weighted by Gasteiger charge is -2.44. The van der Waals surface area contributed by atoms with Gasteiger partial charge in [0.15, 0.2) is 0 Å². The Labute approximate surface area is 94.8 Å². The van der Waals surface area contributed by atoms with Crippen molar-refractivity contribution < 1.29 is 4.79 Å². The summed E-state index contributed by atoms with van der Waals surface area (Å²) in [5.41, 5.74) is 0.968. The van der Waals surface area contributed by atoms with E-state index in [0.29, 0.717) is 6.54 Å². The molecule has 0 unspecified atom stereocenters. The first kappa shape index (κ1) is 10.5. The van der Waals surface area contributed by atoms with E-state index in [-0.39, 0.29) is 11.3 Å². The van der Waals surface area contributed by atoms with E-state index in [4.69, 9.17) is 11.6 Å². The number of β-lactam (4-membered cyclic amide) rings is 1. The van der Waals surface area contributed by atoms with E-state index in [0.717, 1.165) is 17.1 Å². The van der Waals surface area contributed by atoms with Crippen LogP contribution in [0.1, 0.15) is 19.4 Å². The molecule has 1 fully saturated rings. The minimum Gasteiger partial charge on any atom is -0.337 e. The van der Waals surface area contributed by atoms with Gasteiger partial charge in [0.1, 0.15) is 0 Å². The Morgan fingerprint density at radius 3 is 2.40 bits per heavy atom.